The number of hydrogen-bond acceptors (Lipinski definition) is 3. The van der Waals surface area contributed by atoms with Gasteiger partial charge in [-0.25, -0.2) is 9.59 Å². The molecule has 2 heterocycles. The second kappa shape index (κ2) is 5.91. The van der Waals surface area contributed by atoms with Crippen LogP contribution in [0, 0.1) is 5.41 Å². The van der Waals surface area contributed by atoms with E-state index in [1.165, 1.54) is 4.90 Å². The van der Waals surface area contributed by atoms with E-state index in [2.05, 4.69) is 5.32 Å². The summed E-state index contributed by atoms with van der Waals surface area (Å²) >= 11 is 0. The van der Waals surface area contributed by atoms with Crippen molar-refractivity contribution in [1.82, 2.24) is 15.1 Å². The number of nitrogens with one attached hydrogen (secondary N) is 1. The lowest BCUT2D eigenvalue weighted by Gasteiger charge is -2.45. The van der Waals surface area contributed by atoms with E-state index < -0.39 is 17.4 Å². The van der Waals surface area contributed by atoms with Crippen LogP contribution in [-0.4, -0.2) is 65.0 Å². The van der Waals surface area contributed by atoms with Gasteiger partial charge in [0.25, 0.3) is 0 Å². The molecule has 7 heteroatoms. The van der Waals surface area contributed by atoms with E-state index in [1.807, 2.05) is 13.8 Å². The molecule has 0 spiro atoms. The first kappa shape index (κ1) is 15.6. The summed E-state index contributed by atoms with van der Waals surface area (Å²) in [6, 6.07) is -1.09. The van der Waals surface area contributed by atoms with Gasteiger partial charge in [0.15, 0.2) is 0 Å². The molecule has 0 aliphatic carbocycles. The molecule has 7 nitrogen and oxygen atoms in total. The Hall–Kier alpha value is -1.79. The number of nitrogens with zero attached hydrogens (tertiary/aromatic N) is 2. The molecule has 2 N–H and O–H groups in total. The number of likely N-dealkylation sites (tertiary alicyclic amines) is 1. The molecular formula is C14H23N3O4. The summed E-state index contributed by atoms with van der Waals surface area (Å²) in [6.45, 7) is 5.41. The van der Waals surface area contributed by atoms with Crippen LogP contribution in [0.4, 0.5) is 4.79 Å². The highest BCUT2D eigenvalue weighted by Crippen LogP contribution is 2.35. The van der Waals surface area contributed by atoms with Crippen molar-refractivity contribution in [3.63, 3.8) is 0 Å². The first-order chi connectivity index (χ1) is 9.83. The molecule has 2 saturated heterocycles. The van der Waals surface area contributed by atoms with E-state index in [1.54, 1.807) is 4.90 Å². The van der Waals surface area contributed by atoms with Gasteiger partial charge in [-0.1, -0.05) is 13.8 Å². The Morgan fingerprint density at radius 1 is 1.29 bits per heavy atom. The van der Waals surface area contributed by atoms with Crippen LogP contribution in [0.3, 0.4) is 0 Å². The van der Waals surface area contributed by atoms with Crippen molar-refractivity contribution in [1.29, 1.82) is 0 Å². The highest BCUT2D eigenvalue weighted by atomic mass is 16.4. The fraction of sp³-hybridized carbons (Fsp3) is 0.786. The van der Waals surface area contributed by atoms with Gasteiger partial charge in [-0.15, -0.1) is 0 Å². The summed E-state index contributed by atoms with van der Waals surface area (Å²) in [5, 5.41) is 12.2. The second-order valence-electron chi connectivity index (χ2n) is 6.40. The monoisotopic (exact) mass is 297 g/mol. The van der Waals surface area contributed by atoms with E-state index in [0.717, 1.165) is 12.8 Å². The third-order valence-corrected chi connectivity index (χ3v) is 4.33. The maximum atomic E-state index is 12.7. The molecule has 2 aliphatic heterocycles. The van der Waals surface area contributed by atoms with Crippen LogP contribution in [-0.2, 0) is 9.59 Å². The van der Waals surface area contributed by atoms with Crippen LogP contribution in [0.25, 0.3) is 0 Å². The average Bonchev–Trinajstić information content (AvgIpc) is 2.60. The molecule has 3 amide bonds. The largest absolute Gasteiger partial charge is 0.480 e. The number of aliphatic carboxylic acids is 1. The molecule has 118 valence electrons. The number of piperidine rings is 1. The standard InChI is InChI=1S/C14H23N3O4/c1-14(2)5-3-7-17(11(14)12(19)20)13(21)16-8-4-10(18)15-6-9-16/h11H,3-9H2,1-2H3,(H,15,18)(H,19,20). The van der Waals surface area contributed by atoms with E-state index >= 15 is 0 Å². The fourth-order valence-corrected chi connectivity index (χ4v) is 3.21. The van der Waals surface area contributed by atoms with Gasteiger partial charge in [0.05, 0.1) is 0 Å². The summed E-state index contributed by atoms with van der Waals surface area (Å²) in [5.41, 5.74) is -0.445. The van der Waals surface area contributed by atoms with Crippen LogP contribution in [0.2, 0.25) is 0 Å². The number of carboxylic acid groups (broad SMARTS) is 1. The van der Waals surface area contributed by atoms with Crippen LogP contribution >= 0.6 is 0 Å². The van der Waals surface area contributed by atoms with Crippen LogP contribution < -0.4 is 5.32 Å². The molecule has 2 aliphatic rings. The Morgan fingerprint density at radius 3 is 2.67 bits per heavy atom. The first-order valence-electron chi connectivity index (χ1n) is 7.38. The molecule has 0 radical (unpaired) electrons. The summed E-state index contributed by atoms with van der Waals surface area (Å²) in [4.78, 5) is 38.7. The highest BCUT2D eigenvalue weighted by molar-refractivity contribution is 5.84. The normalized spacial score (nSPS) is 26.0. The van der Waals surface area contributed by atoms with E-state index in [9.17, 15) is 19.5 Å². The average molecular weight is 297 g/mol. The molecule has 0 bridgehead atoms. The van der Waals surface area contributed by atoms with Gasteiger partial charge < -0.3 is 20.2 Å². The molecule has 0 aromatic heterocycles. The van der Waals surface area contributed by atoms with Crippen molar-refractivity contribution in [2.45, 2.75) is 39.2 Å². The topological polar surface area (TPSA) is 90.0 Å². The molecule has 0 aromatic rings. The lowest BCUT2D eigenvalue weighted by Crippen LogP contribution is -2.59. The molecule has 1 unspecified atom stereocenters. The molecule has 2 rings (SSSR count). The highest BCUT2D eigenvalue weighted by Gasteiger charge is 2.45. The number of hydrogen-bond donors (Lipinski definition) is 2. The molecule has 1 atom stereocenters. The van der Waals surface area contributed by atoms with Gasteiger partial charge in [-0.05, 0) is 18.3 Å². The minimum absolute atomic E-state index is 0.0703. The summed E-state index contributed by atoms with van der Waals surface area (Å²) in [5.74, 6) is -1.03. The maximum absolute atomic E-state index is 12.7. The Morgan fingerprint density at radius 2 is 2.00 bits per heavy atom. The predicted molar refractivity (Wildman–Crippen MR) is 75.7 cm³/mol. The minimum Gasteiger partial charge on any atom is -0.480 e. The van der Waals surface area contributed by atoms with Gasteiger partial charge in [0.1, 0.15) is 6.04 Å². The Kier molecular flexibility index (Phi) is 4.39. The number of urea groups is 1. The second-order valence-corrected chi connectivity index (χ2v) is 6.40. The van der Waals surface area contributed by atoms with Crippen LogP contribution in [0.5, 0.6) is 0 Å². The SMILES string of the molecule is CC1(C)CCCN(C(=O)N2CCNC(=O)CC2)C1C(=O)O. The summed E-state index contributed by atoms with van der Waals surface area (Å²) < 4.78 is 0. The molecule has 21 heavy (non-hydrogen) atoms. The third kappa shape index (κ3) is 3.28. The van der Waals surface area contributed by atoms with Crippen molar-refractivity contribution >= 4 is 17.9 Å². The zero-order valence-corrected chi connectivity index (χ0v) is 12.6. The third-order valence-electron chi connectivity index (χ3n) is 4.33. The number of carbonyl (C=O) groups excluding carboxylic acids is 2. The van der Waals surface area contributed by atoms with Gasteiger partial charge in [-0.3, -0.25) is 4.79 Å². The molecule has 0 saturated carbocycles. The number of rotatable bonds is 1. The predicted octanol–water partition coefficient (Wildman–Crippen LogP) is 0.504. The van der Waals surface area contributed by atoms with Crippen LogP contribution in [0.1, 0.15) is 33.1 Å². The van der Waals surface area contributed by atoms with Gasteiger partial charge in [-0.2, -0.15) is 0 Å². The Bertz CT molecular complexity index is 450. The van der Waals surface area contributed by atoms with Crippen molar-refractivity contribution < 1.29 is 19.5 Å². The lowest BCUT2D eigenvalue weighted by atomic mass is 9.76. The Balaban J connectivity index is 2.15. The zero-order valence-electron chi connectivity index (χ0n) is 12.6. The first-order valence-corrected chi connectivity index (χ1v) is 7.38. The number of amides is 3. The van der Waals surface area contributed by atoms with Gasteiger partial charge >= 0.3 is 12.0 Å². The van der Waals surface area contributed by atoms with E-state index in [-0.39, 0.29) is 18.4 Å². The van der Waals surface area contributed by atoms with Gasteiger partial charge in [0.2, 0.25) is 5.91 Å². The zero-order chi connectivity index (χ0) is 15.6. The smallest absolute Gasteiger partial charge is 0.327 e. The Labute approximate surface area is 124 Å². The van der Waals surface area contributed by atoms with Crippen molar-refractivity contribution in [2.75, 3.05) is 26.2 Å². The summed E-state index contributed by atoms with van der Waals surface area (Å²) in [6.07, 6.45) is 1.85. The van der Waals surface area contributed by atoms with E-state index in [0.29, 0.717) is 26.2 Å². The van der Waals surface area contributed by atoms with E-state index in [4.69, 9.17) is 0 Å². The minimum atomic E-state index is -0.961. The molecule has 2 fully saturated rings. The molecular weight excluding hydrogens is 274 g/mol. The number of carboxylic acids is 1. The summed E-state index contributed by atoms with van der Waals surface area (Å²) in [7, 11) is 0. The number of carbonyl (C=O) groups is 3. The quantitative estimate of drug-likeness (QED) is 0.737. The molecule has 0 aromatic carbocycles. The van der Waals surface area contributed by atoms with Crippen molar-refractivity contribution in [2.24, 2.45) is 5.41 Å². The van der Waals surface area contributed by atoms with Gasteiger partial charge in [0, 0.05) is 32.6 Å². The lowest BCUT2D eigenvalue weighted by molar-refractivity contribution is -0.148. The van der Waals surface area contributed by atoms with Crippen LogP contribution in [0.15, 0.2) is 0 Å². The van der Waals surface area contributed by atoms with Crippen molar-refractivity contribution in [3.05, 3.63) is 0 Å². The van der Waals surface area contributed by atoms with Crippen molar-refractivity contribution in [3.8, 4) is 0 Å². The fourth-order valence-electron chi connectivity index (χ4n) is 3.21. The maximum Gasteiger partial charge on any atom is 0.327 e.